The molecule has 0 bridgehead atoms. The maximum atomic E-state index is 13.1. The van der Waals surface area contributed by atoms with E-state index >= 15 is 0 Å². The highest BCUT2D eigenvalue weighted by atomic mass is 16.6. The van der Waals surface area contributed by atoms with Gasteiger partial charge < -0.3 is 5.32 Å². The monoisotopic (exact) mass is 420 g/mol. The number of amides is 1. The van der Waals surface area contributed by atoms with Gasteiger partial charge in [0.25, 0.3) is 0 Å². The van der Waals surface area contributed by atoms with E-state index in [2.05, 4.69) is 26.1 Å². The van der Waals surface area contributed by atoms with Crippen molar-refractivity contribution < 1.29 is 9.72 Å². The molecule has 0 aliphatic carbocycles. The molecule has 0 spiro atoms. The smallest absolute Gasteiger partial charge is 0.354 e. The second-order valence-electron chi connectivity index (χ2n) is 6.83. The molecule has 2 aromatic carbocycles. The van der Waals surface area contributed by atoms with Crippen molar-refractivity contribution in [2.75, 3.05) is 17.3 Å². The number of nitro groups is 1. The number of nitrogens with one attached hydrogen (secondary N) is 3. The van der Waals surface area contributed by atoms with Crippen LogP contribution in [0.5, 0.6) is 0 Å². The molecule has 1 aromatic heterocycles. The Morgan fingerprint density at radius 1 is 1.00 bits per heavy atom. The third kappa shape index (κ3) is 5.53. The van der Waals surface area contributed by atoms with Gasteiger partial charge in [0.2, 0.25) is 17.5 Å². The molecule has 3 N–H and O–H groups in total. The summed E-state index contributed by atoms with van der Waals surface area (Å²) in [6.45, 7) is 2.57. The molecule has 31 heavy (non-hydrogen) atoms. The molecule has 0 saturated heterocycles. The van der Waals surface area contributed by atoms with Gasteiger partial charge in [-0.1, -0.05) is 74.0 Å². The maximum Gasteiger partial charge on any atom is 0.354 e. The van der Waals surface area contributed by atoms with Gasteiger partial charge in [0.05, 0.1) is 10.8 Å². The summed E-state index contributed by atoms with van der Waals surface area (Å²) in [6.07, 6.45) is 2.99. The van der Waals surface area contributed by atoms with Gasteiger partial charge in [-0.25, -0.2) is 9.97 Å². The van der Waals surface area contributed by atoms with Crippen molar-refractivity contribution in [3.8, 4) is 0 Å². The Kier molecular flexibility index (Phi) is 7.47. The third-order valence-electron chi connectivity index (χ3n) is 4.66. The first-order valence-corrected chi connectivity index (χ1v) is 10.0. The zero-order valence-electron chi connectivity index (χ0n) is 17.1. The largest absolute Gasteiger partial charge is 0.364 e. The molecule has 0 radical (unpaired) electrons. The van der Waals surface area contributed by atoms with E-state index < -0.39 is 10.8 Å². The predicted octanol–water partition coefficient (Wildman–Crippen LogP) is 3.87. The van der Waals surface area contributed by atoms with Crippen LogP contribution in [-0.4, -0.2) is 27.3 Å². The highest BCUT2D eigenvalue weighted by molar-refractivity contribution is 5.88. The third-order valence-corrected chi connectivity index (χ3v) is 4.66. The van der Waals surface area contributed by atoms with Crippen molar-refractivity contribution >= 4 is 23.2 Å². The van der Waals surface area contributed by atoms with Gasteiger partial charge in [-0.3, -0.25) is 25.8 Å². The van der Waals surface area contributed by atoms with Crippen LogP contribution in [0.25, 0.3) is 0 Å². The number of hydrogen-bond donors (Lipinski definition) is 3. The highest BCUT2D eigenvalue weighted by Gasteiger charge is 2.26. The van der Waals surface area contributed by atoms with E-state index in [4.69, 9.17) is 0 Å². The molecule has 9 heteroatoms. The second kappa shape index (κ2) is 10.7. The number of carbonyl (C=O) groups is 1. The lowest BCUT2D eigenvalue weighted by atomic mass is 9.91. The van der Waals surface area contributed by atoms with E-state index in [1.807, 2.05) is 67.6 Å². The topological polar surface area (TPSA) is 122 Å². The Morgan fingerprint density at radius 3 is 2.13 bits per heavy atom. The summed E-state index contributed by atoms with van der Waals surface area (Å²) in [5.41, 5.74) is 6.46. The molecular weight excluding hydrogens is 396 g/mol. The van der Waals surface area contributed by atoms with Crippen molar-refractivity contribution in [2.24, 2.45) is 0 Å². The number of rotatable bonds is 10. The fourth-order valence-electron chi connectivity index (χ4n) is 3.14. The summed E-state index contributed by atoms with van der Waals surface area (Å²) in [5.74, 6) is -0.955. The number of aromatic nitrogens is 2. The number of benzene rings is 2. The second-order valence-corrected chi connectivity index (χ2v) is 6.83. The van der Waals surface area contributed by atoms with Crippen molar-refractivity contribution in [3.05, 3.63) is 88.2 Å². The normalized spacial score (nSPS) is 10.5. The molecule has 3 rings (SSSR count). The molecule has 9 nitrogen and oxygen atoms in total. The van der Waals surface area contributed by atoms with Crippen LogP contribution >= 0.6 is 0 Å². The molecule has 1 heterocycles. The van der Waals surface area contributed by atoms with Gasteiger partial charge in [0.1, 0.15) is 6.33 Å². The predicted molar refractivity (Wildman–Crippen MR) is 119 cm³/mol. The molecule has 0 unspecified atom stereocenters. The molecule has 0 saturated carbocycles. The quantitative estimate of drug-likeness (QED) is 0.258. The number of unbranched alkanes of at least 4 members (excludes halogenated alkanes) is 1. The number of hydrazine groups is 1. The Balaban J connectivity index is 1.83. The molecular formula is C22H24N6O3. The van der Waals surface area contributed by atoms with Gasteiger partial charge >= 0.3 is 5.69 Å². The van der Waals surface area contributed by atoms with Gasteiger partial charge in [0.15, 0.2) is 0 Å². The van der Waals surface area contributed by atoms with E-state index in [0.29, 0.717) is 6.54 Å². The Bertz CT molecular complexity index is 975. The van der Waals surface area contributed by atoms with Gasteiger partial charge in [-0.15, -0.1) is 0 Å². The van der Waals surface area contributed by atoms with E-state index in [9.17, 15) is 14.9 Å². The minimum atomic E-state index is -0.599. The lowest BCUT2D eigenvalue weighted by Gasteiger charge is -2.18. The molecule has 0 aliphatic rings. The lowest BCUT2D eigenvalue weighted by Crippen LogP contribution is -2.35. The molecule has 0 fully saturated rings. The van der Waals surface area contributed by atoms with E-state index in [1.165, 1.54) is 6.33 Å². The Morgan fingerprint density at radius 2 is 1.58 bits per heavy atom. The van der Waals surface area contributed by atoms with Gasteiger partial charge in [-0.2, -0.15) is 0 Å². The average molecular weight is 420 g/mol. The van der Waals surface area contributed by atoms with Gasteiger partial charge in [-0.05, 0) is 17.5 Å². The summed E-state index contributed by atoms with van der Waals surface area (Å²) >= 11 is 0. The molecule has 0 aliphatic heterocycles. The Labute approximate surface area is 180 Å². The molecule has 1 amide bonds. The lowest BCUT2D eigenvalue weighted by molar-refractivity contribution is -0.383. The first kappa shape index (κ1) is 21.7. The average Bonchev–Trinajstić information content (AvgIpc) is 2.79. The fourth-order valence-corrected chi connectivity index (χ4v) is 3.14. The number of nitrogens with zero attached hydrogens (tertiary/aromatic N) is 3. The van der Waals surface area contributed by atoms with Gasteiger partial charge in [0, 0.05) is 6.54 Å². The van der Waals surface area contributed by atoms with Crippen molar-refractivity contribution in [2.45, 2.75) is 25.7 Å². The van der Waals surface area contributed by atoms with Crippen LogP contribution in [0.3, 0.4) is 0 Å². The summed E-state index contributed by atoms with van der Waals surface area (Å²) < 4.78 is 0. The van der Waals surface area contributed by atoms with E-state index in [1.54, 1.807) is 0 Å². The highest BCUT2D eigenvalue weighted by Crippen LogP contribution is 2.29. The summed E-state index contributed by atoms with van der Waals surface area (Å²) in [5, 5.41) is 14.6. The van der Waals surface area contributed by atoms with Crippen LogP contribution < -0.4 is 16.2 Å². The van der Waals surface area contributed by atoms with E-state index in [0.717, 1.165) is 24.0 Å². The minimum Gasteiger partial charge on any atom is -0.364 e. The SMILES string of the molecule is CCCCNc1ncnc(NNC(=O)C(c2ccccc2)c2ccccc2)c1[N+](=O)[O-]. The maximum absolute atomic E-state index is 13.1. The van der Waals surface area contributed by atoms with Crippen LogP contribution in [0, 0.1) is 10.1 Å². The van der Waals surface area contributed by atoms with Crippen LogP contribution in [0.1, 0.15) is 36.8 Å². The van der Waals surface area contributed by atoms with Crippen LogP contribution in [-0.2, 0) is 4.79 Å². The van der Waals surface area contributed by atoms with Crippen molar-refractivity contribution in [1.82, 2.24) is 15.4 Å². The van der Waals surface area contributed by atoms with Crippen molar-refractivity contribution in [3.63, 3.8) is 0 Å². The van der Waals surface area contributed by atoms with Crippen LogP contribution in [0.2, 0.25) is 0 Å². The Hall–Kier alpha value is -4.01. The zero-order chi connectivity index (χ0) is 22.1. The summed E-state index contributed by atoms with van der Waals surface area (Å²) in [4.78, 5) is 32.1. The van der Waals surface area contributed by atoms with E-state index in [-0.39, 0.29) is 23.2 Å². The first-order valence-electron chi connectivity index (χ1n) is 10.0. The summed E-state index contributed by atoms with van der Waals surface area (Å²) in [6, 6.07) is 18.6. The minimum absolute atomic E-state index is 0.0905. The standard InChI is InChI=1S/C22H24N6O3/c1-2-3-14-23-20-19(28(30)31)21(25-15-24-20)26-27-22(29)18(16-10-6-4-7-11-16)17-12-8-5-9-13-17/h4-13,15,18H,2-3,14H2,1H3,(H,27,29)(H2,23,24,25,26). The first-order chi connectivity index (χ1) is 15.1. The van der Waals surface area contributed by atoms with Crippen molar-refractivity contribution in [1.29, 1.82) is 0 Å². The molecule has 3 aromatic rings. The number of anilines is 2. The fraction of sp³-hybridized carbons (Fsp3) is 0.227. The van der Waals surface area contributed by atoms with Crippen LogP contribution in [0.4, 0.5) is 17.3 Å². The number of carbonyl (C=O) groups excluding carboxylic acids is 1. The molecule has 160 valence electrons. The van der Waals surface area contributed by atoms with Crippen LogP contribution in [0.15, 0.2) is 67.0 Å². The molecule has 0 atom stereocenters. The number of hydrogen-bond acceptors (Lipinski definition) is 7. The summed E-state index contributed by atoms with van der Waals surface area (Å²) in [7, 11) is 0. The zero-order valence-corrected chi connectivity index (χ0v) is 17.1.